The van der Waals surface area contributed by atoms with Crippen LogP contribution in [0.1, 0.15) is 18.4 Å². The van der Waals surface area contributed by atoms with Crippen LogP contribution in [0.15, 0.2) is 42.6 Å². The molecule has 0 aliphatic carbocycles. The summed E-state index contributed by atoms with van der Waals surface area (Å²) in [6.07, 6.45) is 3.44. The third kappa shape index (κ3) is 4.94. The molecule has 1 aliphatic rings. The minimum absolute atomic E-state index is 0.0181. The van der Waals surface area contributed by atoms with Crippen molar-refractivity contribution in [3.63, 3.8) is 0 Å². The van der Waals surface area contributed by atoms with Crippen LogP contribution in [0.2, 0.25) is 0 Å². The summed E-state index contributed by atoms with van der Waals surface area (Å²) < 4.78 is 26.6. The highest BCUT2D eigenvalue weighted by Crippen LogP contribution is 2.25. The Bertz CT molecular complexity index is 1230. The number of aromatic amines is 1. The lowest BCUT2D eigenvalue weighted by Crippen LogP contribution is -2.46. The van der Waals surface area contributed by atoms with Gasteiger partial charge in [-0.05, 0) is 55.2 Å². The Kier molecular flexibility index (Phi) is 6.24. The Balaban J connectivity index is 1.46. The SMILES string of the molecule is N#CC1CCCN1C(=O)C(N)Cc1c[nH]c2ccc(NC(=O)Nc3cc(F)cc(F)c3)cc12. The molecule has 3 aromatic rings. The Labute approximate surface area is 188 Å². The molecule has 4 rings (SSSR count). The summed E-state index contributed by atoms with van der Waals surface area (Å²) in [7, 11) is 0. The molecule has 1 aromatic heterocycles. The summed E-state index contributed by atoms with van der Waals surface area (Å²) in [6.45, 7) is 0.525. The molecule has 2 aromatic carbocycles. The van der Waals surface area contributed by atoms with Crippen LogP contribution in [0, 0.1) is 23.0 Å². The predicted octanol–water partition coefficient (Wildman–Crippen LogP) is 3.47. The van der Waals surface area contributed by atoms with Gasteiger partial charge < -0.3 is 26.3 Å². The average molecular weight is 452 g/mol. The molecule has 3 amide bonds. The lowest BCUT2D eigenvalue weighted by atomic mass is 10.0. The second-order valence-corrected chi connectivity index (χ2v) is 7.94. The molecule has 0 saturated carbocycles. The number of nitrogens with zero attached hydrogens (tertiary/aromatic N) is 2. The third-order valence-corrected chi connectivity index (χ3v) is 5.59. The number of carbonyl (C=O) groups excluding carboxylic acids is 2. The van der Waals surface area contributed by atoms with E-state index in [-0.39, 0.29) is 18.0 Å². The fraction of sp³-hybridized carbons (Fsp3) is 0.261. The number of nitrogens with one attached hydrogen (secondary N) is 3. The zero-order valence-corrected chi connectivity index (χ0v) is 17.6. The van der Waals surface area contributed by atoms with Crippen molar-refractivity contribution < 1.29 is 18.4 Å². The van der Waals surface area contributed by atoms with E-state index < -0.39 is 29.7 Å². The molecule has 0 spiro atoms. The molecular formula is C23H22F2N6O2. The zero-order valence-electron chi connectivity index (χ0n) is 17.6. The summed E-state index contributed by atoms with van der Waals surface area (Å²) in [4.78, 5) is 29.6. The van der Waals surface area contributed by atoms with E-state index in [9.17, 15) is 23.6 Å². The molecule has 1 saturated heterocycles. The van der Waals surface area contributed by atoms with Crippen LogP contribution in [0.25, 0.3) is 10.9 Å². The van der Waals surface area contributed by atoms with Crippen molar-refractivity contribution in [2.45, 2.75) is 31.3 Å². The number of fused-ring (bicyclic) bond motifs is 1. The number of urea groups is 1. The average Bonchev–Trinajstić information content (AvgIpc) is 3.39. The van der Waals surface area contributed by atoms with Crippen LogP contribution in [-0.2, 0) is 11.2 Å². The van der Waals surface area contributed by atoms with Crippen molar-refractivity contribution in [3.8, 4) is 6.07 Å². The Morgan fingerprint density at radius 3 is 2.64 bits per heavy atom. The first kappa shape index (κ1) is 22.2. The van der Waals surface area contributed by atoms with Gasteiger partial charge in [0.25, 0.3) is 0 Å². The van der Waals surface area contributed by atoms with Crippen LogP contribution >= 0.6 is 0 Å². The summed E-state index contributed by atoms with van der Waals surface area (Å²) >= 11 is 0. The second-order valence-electron chi connectivity index (χ2n) is 7.94. The molecule has 8 nitrogen and oxygen atoms in total. The number of hydrogen-bond donors (Lipinski definition) is 4. The molecule has 2 unspecified atom stereocenters. The first-order chi connectivity index (χ1) is 15.8. The largest absolute Gasteiger partial charge is 0.361 e. The van der Waals surface area contributed by atoms with E-state index in [1.165, 1.54) is 4.90 Å². The molecule has 33 heavy (non-hydrogen) atoms. The van der Waals surface area contributed by atoms with Gasteiger partial charge in [-0.3, -0.25) is 4.79 Å². The fourth-order valence-corrected chi connectivity index (χ4v) is 4.05. The normalized spacial score (nSPS) is 16.4. The number of likely N-dealkylation sites (tertiary alicyclic amines) is 1. The van der Waals surface area contributed by atoms with E-state index in [1.54, 1.807) is 24.4 Å². The van der Waals surface area contributed by atoms with Gasteiger partial charge in [0.2, 0.25) is 5.91 Å². The van der Waals surface area contributed by atoms with Gasteiger partial charge in [0.1, 0.15) is 17.7 Å². The topological polar surface area (TPSA) is 127 Å². The molecule has 10 heteroatoms. The molecule has 0 bridgehead atoms. The van der Waals surface area contributed by atoms with Crippen LogP contribution in [0.5, 0.6) is 0 Å². The maximum Gasteiger partial charge on any atom is 0.323 e. The van der Waals surface area contributed by atoms with E-state index in [2.05, 4.69) is 21.7 Å². The van der Waals surface area contributed by atoms with Gasteiger partial charge >= 0.3 is 6.03 Å². The van der Waals surface area contributed by atoms with E-state index in [4.69, 9.17) is 5.73 Å². The van der Waals surface area contributed by atoms with Gasteiger partial charge in [-0.25, -0.2) is 13.6 Å². The Morgan fingerprint density at radius 1 is 1.18 bits per heavy atom. The first-order valence-electron chi connectivity index (χ1n) is 10.4. The molecule has 2 atom stereocenters. The maximum absolute atomic E-state index is 13.3. The quantitative estimate of drug-likeness (QED) is 0.473. The van der Waals surface area contributed by atoms with E-state index >= 15 is 0 Å². The monoisotopic (exact) mass is 452 g/mol. The molecule has 0 radical (unpaired) electrons. The number of nitrogens with two attached hydrogens (primary N) is 1. The van der Waals surface area contributed by atoms with Gasteiger partial charge in [-0.15, -0.1) is 0 Å². The van der Waals surface area contributed by atoms with Gasteiger partial charge in [0.15, 0.2) is 0 Å². The van der Waals surface area contributed by atoms with Crippen molar-refractivity contribution in [2.75, 3.05) is 17.2 Å². The molecule has 1 fully saturated rings. The number of aromatic nitrogens is 1. The highest BCUT2D eigenvalue weighted by molar-refractivity contribution is 6.01. The highest BCUT2D eigenvalue weighted by atomic mass is 19.1. The number of benzene rings is 2. The minimum Gasteiger partial charge on any atom is -0.361 e. The van der Waals surface area contributed by atoms with Crippen molar-refractivity contribution in [2.24, 2.45) is 5.73 Å². The smallest absolute Gasteiger partial charge is 0.323 e. The predicted molar refractivity (Wildman–Crippen MR) is 119 cm³/mol. The Morgan fingerprint density at radius 2 is 1.91 bits per heavy atom. The lowest BCUT2D eigenvalue weighted by Gasteiger charge is -2.23. The summed E-state index contributed by atoms with van der Waals surface area (Å²) in [5.74, 6) is -1.86. The van der Waals surface area contributed by atoms with Gasteiger partial charge in [0, 0.05) is 41.1 Å². The van der Waals surface area contributed by atoms with Crippen LogP contribution in [0.4, 0.5) is 25.0 Å². The highest BCUT2D eigenvalue weighted by Gasteiger charge is 2.31. The van der Waals surface area contributed by atoms with Gasteiger partial charge in [-0.2, -0.15) is 5.26 Å². The number of anilines is 2. The number of halogens is 2. The number of nitriles is 1. The van der Waals surface area contributed by atoms with Gasteiger partial charge in [-0.1, -0.05) is 0 Å². The van der Waals surface area contributed by atoms with Crippen molar-refractivity contribution in [1.29, 1.82) is 5.26 Å². The molecule has 5 N–H and O–H groups in total. The number of hydrogen-bond acceptors (Lipinski definition) is 4. The standard InChI is InChI=1S/C23H22F2N6O2/c24-14-7-15(25)9-17(8-14)30-23(33)29-16-3-4-21-19(10-16)13(12-28-21)6-20(27)22(32)31-5-1-2-18(31)11-26/h3-4,7-10,12,18,20,28H,1-2,5-6,27H2,(H2,29,30,33). The molecule has 1 aliphatic heterocycles. The van der Waals surface area contributed by atoms with Crippen LogP contribution in [-0.4, -0.2) is 40.5 Å². The summed E-state index contributed by atoms with van der Waals surface area (Å²) in [5.41, 5.74) is 8.18. The zero-order chi connectivity index (χ0) is 23.5. The second kappa shape index (κ2) is 9.26. The van der Waals surface area contributed by atoms with E-state index in [0.717, 1.165) is 35.0 Å². The third-order valence-electron chi connectivity index (χ3n) is 5.59. The van der Waals surface area contributed by atoms with Crippen LogP contribution < -0.4 is 16.4 Å². The number of H-pyrrole nitrogens is 1. The lowest BCUT2D eigenvalue weighted by molar-refractivity contribution is -0.132. The summed E-state index contributed by atoms with van der Waals surface area (Å²) in [5, 5.41) is 15.0. The fourth-order valence-electron chi connectivity index (χ4n) is 4.05. The number of carbonyl (C=O) groups is 2. The van der Waals surface area contributed by atoms with Gasteiger partial charge in [0.05, 0.1) is 12.1 Å². The molecule has 170 valence electrons. The van der Waals surface area contributed by atoms with Crippen molar-refractivity contribution in [3.05, 3.63) is 59.8 Å². The maximum atomic E-state index is 13.3. The van der Waals surface area contributed by atoms with Crippen molar-refractivity contribution >= 4 is 34.2 Å². The van der Waals surface area contributed by atoms with Crippen molar-refractivity contribution in [1.82, 2.24) is 9.88 Å². The Hall–Kier alpha value is -3.97. The number of rotatable bonds is 5. The first-order valence-corrected chi connectivity index (χ1v) is 10.4. The molecular weight excluding hydrogens is 430 g/mol. The number of amides is 3. The summed E-state index contributed by atoms with van der Waals surface area (Å²) in [6, 6.07) is 8.11. The van der Waals surface area contributed by atoms with E-state index in [1.807, 2.05) is 0 Å². The minimum atomic E-state index is -0.805. The van der Waals surface area contributed by atoms with E-state index in [0.29, 0.717) is 24.7 Å². The molecule has 2 heterocycles. The van der Waals surface area contributed by atoms with Crippen LogP contribution in [0.3, 0.4) is 0 Å².